The summed E-state index contributed by atoms with van der Waals surface area (Å²) in [4.78, 5) is 34.2. The van der Waals surface area contributed by atoms with Crippen molar-refractivity contribution in [3.8, 4) is 0 Å². The first kappa shape index (κ1) is 20.3. The second-order valence-electron chi connectivity index (χ2n) is 6.11. The number of hydroxylamine groups is 1. The molecular formula is C14H26N2O6. The Morgan fingerprint density at radius 1 is 1.18 bits per heavy atom. The van der Waals surface area contributed by atoms with E-state index in [2.05, 4.69) is 5.32 Å². The number of nitrogens with one attached hydrogen (secondary N) is 2. The van der Waals surface area contributed by atoms with Gasteiger partial charge in [-0.05, 0) is 40.5 Å². The number of esters is 1. The first-order valence-corrected chi connectivity index (χ1v) is 7.18. The van der Waals surface area contributed by atoms with Crippen LogP contribution in [0.5, 0.6) is 0 Å². The maximum Gasteiger partial charge on any atom is 0.328 e. The monoisotopic (exact) mass is 318 g/mol. The van der Waals surface area contributed by atoms with E-state index in [1.54, 1.807) is 20.8 Å². The fourth-order valence-corrected chi connectivity index (χ4v) is 1.62. The van der Waals surface area contributed by atoms with E-state index in [0.717, 1.165) is 0 Å². The molecule has 2 amide bonds. The number of carbonyl (C=O) groups excluding carboxylic acids is 3. The zero-order valence-corrected chi connectivity index (χ0v) is 13.5. The number of hydrogen-bond acceptors (Lipinski definition) is 6. The predicted octanol–water partition coefficient (Wildman–Crippen LogP) is 0.260. The standard InChI is InChI=1S/C14H26N2O6/c1-9(13(20)22-14(2,3)4)15-12(19)8-10(17)6-5-7-11(18)16-21/h9-10,17,21H,5-8H2,1-4H3,(H,15,19)(H,16,18)/t9-,10?/m1/s1. The molecule has 0 bridgehead atoms. The van der Waals surface area contributed by atoms with E-state index in [-0.39, 0.29) is 19.3 Å². The van der Waals surface area contributed by atoms with Crippen molar-refractivity contribution in [1.29, 1.82) is 0 Å². The molecule has 1 unspecified atom stereocenters. The fraction of sp³-hybridized carbons (Fsp3) is 0.786. The summed E-state index contributed by atoms with van der Waals surface area (Å²) in [6.07, 6.45) is -0.459. The minimum Gasteiger partial charge on any atom is -0.458 e. The highest BCUT2D eigenvalue weighted by molar-refractivity contribution is 5.84. The van der Waals surface area contributed by atoms with Crippen molar-refractivity contribution in [2.24, 2.45) is 0 Å². The van der Waals surface area contributed by atoms with Gasteiger partial charge in [0, 0.05) is 6.42 Å². The van der Waals surface area contributed by atoms with Crippen molar-refractivity contribution < 1.29 is 29.4 Å². The summed E-state index contributed by atoms with van der Waals surface area (Å²) in [5, 5.41) is 20.4. The molecule has 0 aliphatic heterocycles. The smallest absolute Gasteiger partial charge is 0.328 e. The molecule has 8 heteroatoms. The molecule has 0 radical (unpaired) electrons. The number of ether oxygens (including phenoxy) is 1. The highest BCUT2D eigenvalue weighted by Gasteiger charge is 2.23. The Kier molecular flexibility index (Phi) is 8.66. The van der Waals surface area contributed by atoms with Crippen molar-refractivity contribution in [3.63, 3.8) is 0 Å². The number of carbonyl (C=O) groups is 3. The number of rotatable bonds is 8. The van der Waals surface area contributed by atoms with Crippen LogP contribution in [0.4, 0.5) is 0 Å². The lowest BCUT2D eigenvalue weighted by atomic mass is 10.1. The van der Waals surface area contributed by atoms with Gasteiger partial charge in [0.1, 0.15) is 11.6 Å². The highest BCUT2D eigenvalue weighted by atomic mass is 16.6. The van der Waals surface area contributed by atoms with Gasteiger partial charge in [-0.2, -0.15) is 0 Å². The van der Waals surface area contributed by atoms with Crippen LogP contribution in [0.2, 0.25) is 0 Å². The number of aliphatic hydroxyl groups excluding tert-OH is 1. The van der Waals surface area contributed by atoms with Crippen LogP contribution in [-0.4, -0.2) is 45.8 Å². The molecule has 0 aliphatic carbocycles. The van der Waals surface area contributed by atoms with Crippen molar-refractivity contribution in [3.05, 3.63) is 0 Å². The molecule has 0 saturated heterocycles. The first-order valence-electron chi connectivity index (χ1n) is 7.18. The average molecular weight is 318 g/mol. The van der Waals surface area contributed by atoms with E-state index >= 15 is 0 Å². The third-order valence-electron chi connectivity index (χ3n) is 2.62. The quantitative estimate of drug-likeness (QED) is 0.289. The molecule has 2 atom stereocenters. The molecule has 0 fully saturated rings. The topological polar surface area (TPSA) is 125 Å². The van der Waals surface area contributed by atoms with Gasteiger partial charge in [0.05, 0.1) is 12.5 Å². The fourth-order valence-electron chi connectivity index (χ4n) is 1.62. The van der Waals surface area contributed by atoms with E-state index < -0.39 is 35.5 Å². The first-order chi connectivity index (χ1) is 10.0. The molecule has 0 saturated carbocycles. The SMILES string of the molecule is C[C@@H](NC(=O)CC(O)CCCC(=O)NO)C(=O)OC(C)(C)C. The summed E-state index contributed by atoms with van der Waals surface area (Å²) in [5.74, 6) is -1.57. The van der Waals surface area contributed by atoms with Gasteiger partial charge < -0.3 is 15.2 Å². The molecule has 0 aromatic rings. The summed E-state index contributed by atoms with van der Waals surface area (Å²) in [6, 6.07) is -0.806. The number of aliphatic hydroxyl groups is 1. The van der Waals surface area contributed by atoms with Gasteiger partial charge >= 0.3 is 5.97 Å². The lowest BCUT2D eigenvalue weighted by Crippen LogP contribution is -2.43. The van der Waals surface area contributed by atoms with Crippen LogP contribution in [0.25, 0.3) is 0 Å². The lowest BCUT2D eigenvalue weighted by Gasteiger charge is -2.23. The van der Waals surface area contributed by atoms with Gasteiger partial charge in [-0.25, -0.2) is 10.3 Å². The van der Waals surface area contributed by atoms with Crippen LogP contribution >= 0.6 is 0 Å². The third-order valence-corrected chi connectivity index (χ3v) is 2.62. The molecular weight excluding hydrogens is 292 g/mol. The van der Waals surface area contributed by atoms with E-state index in [1.165, 1.54) is 12.4 Å². The zero-order valence-electron chi connectivity index (χ0n) is 13.5. The normalized spacial score (nSPS) is 13.9. The van der Waals surface area contributed by atoms with E-state index in [0.29, 0.717) is 6.42 Å². The summed E-state index contributed by atoms with van der Waals surface area (Å²) < 4.78 is 5.12. The summed E-state index contributed by atoms with van der Waals surface area (Å²) >= 11 is 0. The Morgan fingerprint density at radius 2 is 1.77 bits per heavy atom. The van der Waals surface area contributed by atoms with Crippen LogP contribution in [0, 0.1) is 0 Å². The maximum absolute atomic E-state index is 11.7. The molecule has 22 heavy (non-hydrogen) atoms. The Hall–Kier alpha value is -1.67. The van der Waals surface area contributed by atoms with Crippen LogP contribution in [0.3, 0.4) is 0 Å². The molecule has 128 valence electrons. The maximum atomic E-state index is 11.7. The van der Waals surface area contributed by atoms with Gasteiger partial charge in [0.15, 0.2) is 0 Å². The molecule has 0 heterocycles. The Labute approximate surface area is 130 Å². The Bertz CT molecular complexity index is 391. The highest BCUT2D eigenvalue weighted by Crippen LogP contribution is 2.09. The summed E-state index contributed by atoms with van der Waals surface area (Å²) in [6.45, 7) is 6.69. The molecule has 0 aliphatic rings. The average Bonchev–Trinajstić information content (AvgIpc) is 2.35. The Balaban J connectivity index is 4.06. The zero-order chi connectivity index (χ0) is 17.3. The molecule has 0 rings (SSSR count). The Morgan fingerprint density at radius 3 is 2.27 bits per heavy atom. The largest absolute Gasteiger partial charge is 0.458 e. The van der Waals surface area contributed by atoms with Crippen molar-refractivity contribution in [1.82, 2.24) is 10.8 Å². The number of amides is 2. The van der Waals surface area contributed by atoms with E-state index in [1.807, 2.05) is 0 Å². The lowest BCUT2D eigenvalue weighted by molar-refractivity contribution is -0.158. The molecule has 4 N–H and O–H groups in total. The van der Waals surface area contributed by atoms with Gasteiger partial charge in [-0.15, -0.1) is 0 Å². The van der Waals surface area contributed by atoms with Crippen molar-refractivity contribution in [2.75, 3.05) is 0 Å². The summed E-state index contributed by atoms with van der Waals surface area (Å²) in [5.41, 5.74) is 0.849. The van der Waals surface area contributed by atoms with E-state index in [4.69, 9.17) is 9.94 Å². The third kappa shape index (κ3) is 10.1. The van der Waals surface area contributed by atoms with Gasteiger partial charge in [0.25, 0.3) is 0 Å². The van der Waals surface area contributed by atoms with Crippen molar-refractivity contribution in [2.45, 2.75) is 71.1 Å². The number of hydrogen-bond donors (Lipinski definition) is 4. The molecule has 0 aromatic carbocycles. The van der Waals surface area contributed by atoms with Gasteiger partial charge in [-0.1, -0.05) is 0 Å². The van der Waals surface area contributed by atoms with Crippen LogP contribution in [-0.2, 0) is 19.1 Å². The molecule has 8 nitrogen and oxygen atoms in total. The second-order valence-corrected chi connectivity index (χ2v) is 6.11. The molecule has 0 aromatic heterocycles. The van der Waals surface area contributed by atoms with Crippen LogP contribution in [0.15, 0.2) is 0 Å². The van der Waals surface area contributed by atoms with E-state index in [9.17, 15) is 19.5 Å². The predicted molar refractivity (Wildman–Crippen MR) is 77.9 cm³/mol. The van der Waals surface area contributed by atoms with Crippen LogP contribution < -0.4 is 10.8 Å². The minimum absolute atomic E-state index is 0.0590. The van der Waals surface area contributed by atoms with Crippen LogP contribution in [0.1, 0.15) is 53.4 Å². The second kappa shape index (κ2) is 9.37. The summed E-state index contributed by atoms with van der Waals surface area (Å²) in [7, 11) is 0. The minimum atomic E-state index is -0.919. The van der Waals surface area contributed by atoms with Crippen molar-refractivity contribution >= 4 is 17.8 Å². The van der Waals surface area contributed by atoms with Gasteiger partial charge in [0.2, 0.25) is 11.8 Å². The molecule has 0 spiro atoms. The van der Waals surface area contributed by atoms with Gasteiger partial charge in [-0.3, -0.25) is 14.8 Å².